The fraction of sp³-hybridized carbons (Fsp3) is 0.263. The highest BCUT2D eigenvalue weighted by Gasteiger charge is 2.24. The van der Waals surface area contributed by atoms with Crippen molar-refractivity contribution in [2.75, 3.05) is 13.2 Å². The third-order valence-electron chi connectivity index (χ3n) is 4.13. The standard InChI is InChI=1S/C19H18FNO3/c1-2-24-19(23)14-7-8-17(20)16(11-14)18(22)21-10-9-13-5-3-4-6-15(13)12-21/h3-8,11H,2,9-10,12H2,1H3. The highest BCUT2D eigenvalue weighted by Crippen LogP contribution is 2.22. The molecule has 0 atom stereocenters. The van der Waals surface area contributed by atoms with Gasteiger partial charge in [-0.2, -0.15) is 0 Å². The molecule has 0 N–H and O–H groups in total. The van der Waals surface area contributed by atoms with E-state index in [0.29, 0.717) is 13.1 Å². The first kappa shape index (κ1) is 16.2. The van der Waals surface area contributed by atoms with Crippen LogP contribution in [-0.4, -0.2) is 29.9 Å². The van der Waals surface area contributed by atoms with E-state index in [9.17, 15) is 14.0 Å². The van der Waals surface area contributed by atoms with Crippen molar-refractivity contribution < 1.29 is 18.7 Å². The number of benzene rings is 2. The van der Waals surface area contributed by atoms with Crippen LogP contribution >= 0.6 is 0 Å². The fourth-order valence-corrected chi connectivity index (χ4v) is 2.87. The van der Waals surface area contributed by atoms with Gasteiger partial charge in [0.1, 0.15) is 5.82 Å². The van der Waals surface area contributed by atoms with Gasteiger partial charge >= 0.3 is 5.97 Å². The molecule has 0 spiro atoms. The van der Waals surface area contributed by atoms with Crippen LogP contribution in [0.15, 0.2) is 42.5 Å². The van der Waals surface area contributed by atoms with Crippen LogP contribution in [0.25, 0.3) is 0 Å². The molecule has 2 aromatic carbocycles. The summed E-state index contributed by atoms with van der Waals surface area (Å²) in [6.07, 6.45) is 0.737. The summed E-state index contributed by atoms with van der Waals surface area (Å²) in [6.45, 7) is 2.89. The van der Waals surface area contributed by atoms with Crippen molar-refractivity contribution in [3.63, 3.8) is 0 Å². The Kier molecular flexibility index (Phi) is 4.60. The topological polar surface area (TPSA) is 46.6 Å². The van der Waals surface area contributed by atoms with Crippen molar-refractivity contribution in [1.29, 1.82) is 0 Å². The average Bonchev–Trinajstić information content (AvgIpc) is 2.61. The molecule has 0 unspecified atom stereocenters. The molecule has 1 aliphatic heterocycles. The third kappa shape index (κ3) is 3.15. The molecule has 0 saturated carbocycles. The van der Waals surface area contributed by atoms with Crippen molar-refractivity contribution >= 4 is 11.9 Å². The third-order valence-corrected chi connectivity index (χ3v) is 4.13. The Morgan fingerprint density at radius 3 is 2.67 bits per heavy atom. The van der Waals surface area contributed by atoms with Crippen LogP contribution in [0.2, 0.25) is 0 Å². The normalized spacial score (nSPS) is 13.3. The number of carbonyl (C=O) groups excluding carboxylic acids is 2. The van der Waals surface area contributed by atoms with Gasteiger partial charge in [-0.15, -0.1) is 0 Å². The van der Waals surface area contributed by atoms with Gasteiger partial charge in [-0.25, -0.2) is 9.18 Å². The van der Waals surface area contributed by atoms with Gasteiger partial charge in [-0.05, 0) is 42.7 Å². The smallest absolute Gasteiger partial charge is 0.338 e. The van der Waals surface area contributed by atoms with Crippen LogP contribution in [0, 0.1) is 5.82 Å². The molecular formula is C19H18FNO3. The highest BCUT2D eigenvalue weighted by molar-refractivity contribution is 5.98. The Bertz CT molecular complexity index is 788. The lowest BCUT2D eigenvalue weighted by Gasteiger charge is -2.29. The molecule has 2 aromatic rings. The first-order chi connectivity index (χ1) is 11.6. The Hall–Kier alpha value is -2.69. The Labute approximate surface area is 139 Å². The number of fused-ring (bicyclic) bond motifs is 1. The number of halogens is 1. The van der Waals surface area contributed by atoms with E-state index < -0.39 is 17.7 Å². The minimum absolute atomic E-state index is 0.0973. The van der Waals surface area contributed by atoms with Gasteiger partial charge in [0.05, 0.1) is 17.7 Å². The Morgan fingerprint density at radius 2 is 1.92 bits per heavy atom. The summed E-state index contributed by atoms with van der Waals surface area (Å²) >= 11 is 0. The highest BCUT2D eigenvalue weighted by atomic mass is 19.1. The number of carbonyl (C=O) groups is 2. The monoisotopic (exact) mass is 327 g/mol. The van der Waals surface area contributed by atoms with Gasteiger partial charge in [0, 0.05) is 13.1 Å². The minimum atomic E-state index is -0.632. The molecule has 5 heteroatoms. The number of esters is 1. The largest absolute Gasteiger partial charge is 0.462 e. The average molecular weight is 327 g/mol. The van der Waals surface area contributed by atoms with Gasteiger partial charge in [-0.1, -0.05) is 24.3 Å². The van der Waals surface area contributed by atoms with E-state index in [1.807, 2.05) is 24.3 Å². The summed E-state index contributed by atoms with van der Waals surface area (Å²) in [5.74, 6) is -1.60. The zero-order valence-electron chi connectivity index (χ0n) is 13.4. The maximum atomic E-state index is 14.1. The van der Waals surface area contributed by atoms with E-state index in [4.69, 9.17) is 4.74 Å². The fourth-order valence-electron chi connectivity index (χ4n) is 2.87. The summed E-state index contributed by atoms with van der Waals surface area (Å²) in [5, 5.41) is 0. The lowest BCUT2D eigenvalue weighted by atomic mass is 9.99. The lowest BCUT2D eigenvalue weighted by molar-refractivity contribution is 0.0526. The molecule has 3 rings (SSSR count). The zero-order valence-corrected chi connectivity index (χ0v) is 13.4. The summed E-state index contributed by atoms with van der Waals surface area (Å²) in [6, 6.07) is 11.6. The summed E-state index contributed by atoms with van der Waals surface area (Å²) in [7, 11) is 0. The van der Waals surface area contributed by atoms with E-state index in [-0.39, 0.29) is 17.7 Å². The summed E-state index contributed by atoms with van der Waals surface area (Å²) < 4.78 is 19.0. The number of hydrogen-bond donors (Lipinski definition) is 0. The van der Waals surface area contributed by atoms with E-state index in [1.54, 1.807) is 11.8 Å². The van der Waals surface area contributed by atoms with Crippen molar-refractivity contribution in [2.45, 2.75) is 19.9 Å². The van der Waals surface area contributed by atoms with E-state index in [2.05, 4.69) is 0 Å². The van der Waals surface area contributed by atoms with E-state index in [1.165, 1.54) is 17.7 Å². The van der Waals surface area contributed by atoms with Crippen LogP contribution in [0.3, 0.4) is 0 Å². The summed E-state index contributed by atoms with van der Waals surface area (Å²) in [4.78, 5) is 26.1. The second-order valence-electron chi connectivity index (χ2n) is 5.66. The molecule has 0 bridgehead atoms. The predicted molar refractivity (Wildman–Crippen MR) is 87.2 cm³/mol. The molecule has 1 aliphatic rings. The lowest BCUT2D eigenvalue weighted by Crippen LogP contribution is -2.36. The van der Waals surface area contributed by atoms with Crippen LogP contribution in [-0.2, 0) is 17.7 Å². The first-order valence-electron chi connectivity index (χ1n) is 7.93. The molecular weight excluding hydrogens is 309 g/mol. The van der Waals surface area contributed by atoms with Crippen molar-refractivity contribution in [1.82, 2.24) is 4.90 Å². The number of amides is 1. The first-order valence-corrected chi connectivity index (χ1v) is 7.93. The second-order valence-corrected chi connectivity index (χ2v) is 5.66. The molecule has 0 aromatic heterocycles. The molecule has 0 aliphatic carbocycles. The quantitative estimate of drug-likeness (QED) is 0.813. The molecule has 24 heavy (non-hydrogen) atoms. The molecule has 124 valence electrons. The molecule has 1 amide bonds. The number of hydrogen-bond acceptors (Lipinski definition) is 3. The predicted octanol–water partition coefficient (Wildman–Crippen LogP) is 3.20. The van der Waals surface area contributed by atoms with Gasteiger partial charge in [-0.3, -0.25) is 4.79 Å². The van der Waals surface area contributed by atoms with E-state index in [0.717, 1.165) is 18.1 Å². The second kappa shape index (κ2) is 6.83. The number of nitrogens with zero attached hydrogens (tertiary/aromatic N) is 1. The molecule has 0 saturated heterocycles. The van der Waals surface area contributed by atoms with Crippen molar-refractivity contribution in [3.8, 4) is 0 Å². The zero-order chi connectivity index (χ0) is 17.1. The molecule has 0 fully saturated rings. The molecule has 0 radical (unpaired) electrons. The van der Waals surface area contributed by atoms with Crippen molar-refractivity contribution in [2.24, 2.45) is 0 Å². The minimum Gasteiger partial charge on any atom is -0.462 e. The van der Waals surface area contributed by atoms with Crippen LogP contribution in [0.1, 0.15) is 38.8 Å². The van der Waals surface area contributed by atoms with Gasteiger partial charge in [0.25, 0.3) is 5.91 Å². The molecule has 4 nitrogen and oxygen atoms in total. The summed E-state index contributed by atoms with van der Waals surface area (Å²) in [5.41, 5.74) is 2.36. The van der Waals surface area contributed by atoms with Gasteiger partial charge in [0.15, 0.2) is 0 Å². The number of ether oxygens (including phenoxy) is 1. The maximum Gasteiger partial charge on any atom is 0.338 e. The van der Waals surface area contributed by atoms with E-state index >= 15 is 0 Å². The Morgan fingerprint density at radius 1 is 1.17 bits per heavy atom. The maximum absolute atomic E-state index is 14.1. The van der Waals surface area contributed by atoms with Crippen LogP contribution < -0.4 is 0 Å². The van der Waals surface area contributed by atoms with Gasteiger partial charge in [0.2, 0.25) is 0 Å². The van der Waals surface area contributed by atoms with Crippen LogP contribution in [0.5, 0.6) is 0 Å². The number of rotatable bonds is 3. The van der Waals surface area contributed by atoms with Crippen molar-refractivity contribution in [3.05, 3.63) is 70.5 Å². The molecule has 1 heterocycles. The SMILES string of the molecule is CCOC(=O)c1ccc(F)c(C(=O)N2CCc3ccccc3C2)c1. The van der Waals surface area contributed by atoms with Gasteiger partial charge < -0.3 is 9.64 Å². The van der Waals surface area contributed by atoms with Crippen LogP contribution in [0.4, 0.5) is 4.39 Å². The Balaban J connectivity index is 1.85.